The van der Waals surface area contributed by atoms with Gasteiger partial charge in [0.15, 0.2) is 0 Å². The lowest BCUT2D eigenvalue weighted by Gasteiger charge is -2.30. The lowest BCUT2D eigenvalue weighted by Crippen LogP contribution is -2.47. The second kappa shape index (κ2) is 59.6. The molecule has 0 aromatic heterocycles. The average molecular weight is 1140 g/mol. The molecule has 0 aromatic carbocycles. The van der Waals surface area contributed by atoms with Crippen molar-refractivity contribution in [1.29, 1.82) is 0 Å². The van der Waals surface area contributed by atoms with Crippen molar-refractivity contribution in [3.63, 3.8) is 0 Å². The first kappa shape index (κ1) is 77.5. The molecular formula is C70H129N2O7P. The van der Waals surface area contributed by atoms with E-state index >= 15 is 0 Å². The third-order valence-electron chi connectivity index (χ3n) is 14.9. The lowest BCUT2D eigenvalue weighted by atomic mass is 10.0. The van der Waals surface area contributed by atoms with Crippen LogP contribution >= 0.6 is 7.82 Å². The number of phosphoric ester groups is 1. The number of nitrogens with one attached hydrogen (secondary N) is 1. The number of hydrogen-bond donors (Lipinski definition) is 1. The molecule has 9 nitrogen and oxygen atoms in total. The van der Waals surface area contributed by atoms with Gasteiger partial charge in [-0.2, -0.15) is 0 Å². The number of carbonyl (C=O) groups excluding carboxylic acids is 2. The summed E-state index contributed by atoms with van der Waals surface area (Å²) < 4.78 is 30.4. The van der Waals surface area contributed by atoms with Gasteiger partial charge in [0.1, 0.15) is 19.3 Å². The molecular weight excluding hydrogens is 1010 g/mol. The van der Waals surface area contributed by atoms with Gasteiger partial charge in [-0.1, -0.05) is 274 Å². The van der Waals surface area contributed by atoms with Crippen molar-refractivity contribution in [2.45, 2.75) is 322 Å². The Bertz CT molecular complexity index is 1600. The normalized spacial score (nSPS) is 14.0. The molecule has 0 bridgehead atoms. The maximum Gasteiger partial charge on any atom is 0.306 e. The first-order valence-electron chi connectivity index (χ1n) is 33.7. The Labute approximate surface area is 495 Å². The standard InChI is InChI=1S/C70H129N2O7P/c1-7-10-13-16-19-22-25-28-30-31-32-33-34-35-36-37-38-39-40-41-42-45-48-51-54-57-60-63-70(74)79-68(61-58-55-52-49-46-43-27-24-21-18-15-12-9-3)67(66-78-80(75,76)77-65-64-72(4,5)6)71-69(73)62-59-56-53-50-47-44-29-26-23-20-17-14-11-8-2/h11,14,19-20,22-23,28-30,44,58,61,67-68H,7-10,12-13,15-18,21,24-27,31-43,45-57,59-60,62-66H2,1-6H3,(H-,71,73,75,76)/b14-11+,22-19-,23-20+,30-28-,44-29+,61-58-. The second-order valence-corrected chi connectivity index (χ2v) is 25.4. The summed E-state index contributed by atoms with van der Waals surface area (Å²) >= 11 is 0. The highest BCUT2D eigenvalue weighted by molar-refractivity contribution is 7.45. The Morgan fingerprint density at radius 1 is 0.450 bits per heavy atom. The van der Waals surface area contributed by atoms with E-state index in [1.165, 1.54) is 180 Å². The van der Waals surface area contributed by atoms with Gasteiger partial charge in [0, 0.05) is 12.8 Å². The Morgan fingerprint density at radius 2 is 0.800 bits per heavy atom. The Kier molecular flexibility index (Phi) is 57.7. The van der Waals surface area contributed by atoms with E-state index in [0.717, 1.165) is 89.9 Å². The number of esters is 1. The van der Waals surface area contributed by atoms with Crippen LogP contribution in [-0.4, -0.2) is 69.4 Å². The first-order valence-corrected chi connectivity index (χ1v) is 35.2. The number of quaternary nitrogens is 1. The number of rotatable bonds is 61. The van der Waals surface area contributed by atoms with Gasteiger partial charge in [0.25, 0.3) is 7.82 Å². The average Bonchev–Trinajstić information content (AvgIpc) is 3.42. The van der Waals surface area contributed by atoms with Crippen LogP contribution < -0.4 is 10.2 Å². The van der Waals surface area contributed by atoms with E-state index in [2.05, 4.69) is 86.8 Å². The molecule has 0 aliphatic carbocycles. The zero-order valence-electron chi connectivity index (χ0n) is 53.3. The highest BCUT2D eigenvalue weighted by Crippen LogP contribution is 2.38. The zero-order chi connectivity index (χ0) is 58.6. The summed E-state index contributed by atoms with van der Waals surface area (Å²) in [6, 6.07) is -0.901. The minimum atomic E-state index is -4.71. The molecule has 0 aromatic rings. The largest absolute Gasteiger partial charge is 0.756 e. The summed E-state index contributed by atoms with van der Waals surface area (Å²) in [5.41, 5.74) is 0. The topological polar surface area (TPSA) is 114 Å². The maximum atomic E-state index is 13.5. The van der Waals surface area contributed by atoms with Gasteiger partial charge in [0.05, 0.1) is 33.8 Å². The molecule has 466 valence electrons. The monoisotopic (exact) mass is 1140 g/mol. The number of carbonyl (C=O) groups is 2. The first-order chi connectivity index (χ1) is 38.9. The number of likely N-dealkylation sites (N-methyl/N-ethyl adjacent to an activating group) is 1. The third kappa shape index (κ3) is 60.1. The predicted molar refractivity (Wildman–Crippen MR) is 344 cm³/mol. The highest BCUT2D eigenvalue weighted by Gasteiger charge is 2.27. The molecule has 10 heteroatoms. The number of unbranched alkanes of at least 4 members (excludes halogenated alkanes) is 35. The van der Waals surface area contributed by atoms with E-state index in [1.807, 2.05) is 33.3 Å². The van der Waals surface area contributed by atoms with Crippen LogP contribution in [-0.2, 0) is 27.9 Å². The molecule has 80 heavy (non-hydrogen) atoms. The maximum absolute atomic E-state index is 13.5. The van der Waals surface area contributed by atoms with E-state index in [-0.39, 0.29) is 24.9 Å². The van der Waals surface area contributed by atoms with Crippen LogP contribution in [0.2, 0.25) is 0 Å². The summed E-state index contributed by atoms with van der Waals surface area (Å²) in [5.74, 6) is -0.559. The van der Waals surface area contributed by atoms with Crippen LogP contribution in [0.1, 0.15) is 310 Å². The van der Waals surface area contributed by atoms with Crippen molar-refractivity contribution in [1.82, 2.24) is 5.32 Å². The summed E-state index contributed by atoms with van der Waals surface area (Å²) in [6.07, 6.45) is 77.4. The lowest BCUT2D eigenvalue weighted by molar-refractivity contribution is -0.870. The minimum absolute atomic E-state index is 0.0279. The molecule has 3 atom stereocenters. The van der Waals surface area contributed by atoms with E-state index in [1.54, 1.807) is 0 Å². The second-order valence-electron chi connectivity index (χ2n) is 23.9. The molecule has 1 N–H and O–H groups in total. The minimum Gasteiger partial charge on any atom is -0.756 e. The van der Waals surface area contributed by atoms with Gasteiger partial charge in [-0.3, -0.25) is 14.2 Å². The van der Waals surface area contributed by atoms with Gasteiger partial charge in [-0.05, 0) is 96.0 Å². The van der Waals surface area contributed by atoms with Crippen LogP contribution in [0.5, 0.6) is 0 Å². The number of hydrogen-bond acceptors (Lipinski definition) is 7. The Morgan fingerprint density at radius 3 is 1.23 bits per heavy atom. The van der Waals surface area contributed by atoms with Gasteiger partial charge in [-0.25, -0.2) is 0 Å². The fourth-order valence-electron chi connectivity index (χ4n) is 9.69. The molecule has 0 saturated carbocycles. The SMILES string of the molecule is CC/C=C/C/C=C/C/C=C/CCCCCCC(=O)NC(COP(=O)([O-])OCC[N+](C)(C)C)C(/C=C\CCCCCCCCCCCCC)OC(=O)CCCCCCCCCCCCCCCCCCC/C=C\C/C=C\CCCCC. The summed E-state index contributed by atoms with van der Waals surface area (Å²) in [5, 5.41) is 3.02. The molecule has 0 heterocycles. The van der Waals surface area contributed by atoms with E-state index in [9.17, 15) is 19.0 Å². The van der Waals surface area contributed by atoms with Crippen LogP contribution in [0.15, 0.2) is 72.9 Å². The van der Waals surface area contributed by atoms with Crippen molar-refractivity contribution in [2.24, 2.45) is 0 Å². The van der Waals surface area contributed by atoms with E-state index in [4.69, 9.17) is 13.8 Å². The molecule has 3 unspecified atom stereocenters. The van der Waals surface area contributed by atoms with Crippen LogP contribution in [0.4, 0.5) is 0 Å². The molecule has 0 radical (unpaired) electrons. The van der Waals surface area contributed by atoms with E-state index in [0.29, 0.717) is 23.9 Å². The molecule has 0 spiro atoms. The van der Waals surface area contributed by atoms with Gasteiger partial charge in [0.2, 0.25) is 5.91 Å². The smallest absolute Gasteiger partial charge is 0.306 e. The van der Waals surface area contributed by atoms with Crippen molar-refractivity contribution >= 4 is 19.7 Å². The van der Waals surface area contributed by atoms with Crippen LogP contribution in [0.3, 0.4) is 0 Å². The zero-order valence-corrected chi connectivity index (χ0v) is 54.2. The van der Waals surface area contributed by atoms with E-state index < -0.39 is 26.6 Å². The molecule has 1 amide bonds. The van der Waals surface area contributed by atoms with Gasteiger partial charge in [-0.15, -0.1) is 0 Å². The quantitative estimate of drug-likeness (QED) is 0.0212. The van der Waals surface area contributed by atoms with Crippen molar-refractivity contribution in [2.75, 3.05) is 40.9 Å². The Hall–Kier alpha value is -2.55. The predicted octanol–water partition coefficient (Wildman–Crippen LogP) is 20.5. The van der Waals surface area contributed by atoms with Crippen molar-refractivity contribution in [3.05, 3.63) is 72.9 Å². The Balaban J connectivity index is 5.05. The molecule has 0 aliphatic rings. The molecule has 0 fully saturated rings. The number of amides is 1. The number of ether oxygens (including phenoxy) is 1. The van der Waals surface area contributed by atoms with Gasteiger partial charge < -0.3 is 28.5 Å². The molecule has 0 aliphatic heterocycles. The summed E-state index contributed by atoms with van der Waals surface area (Å²) in [7, 11) is 1.17. The number of allylic oxidation sites excluding steroid dienone is 11. The fourth-order valence-corrected chi connectivity index (χ4v) is 10.4. The van der Waals surface area contributed by atoms with Crippen molar-refractivity contribution < 1.29 is 37.3 Å². The fraction of sp³-hybridized carbons (Fsp3) is 0.800. The van der Waals surface area contributed by atoms with Crippen LogP contribution in [0.25, 0.3) is 0 Å². The van der Waals surface area contributed by atoms with Gasteiger partial charge >= 0.3 is 5.97 Å². The number of phosphoric acid groups is 1. The third-order valence-corrected chi connectivity index (χ3v) is 15.8. The number of nitrogens with zero attached hydrogens (tertiary/aromatic N) is 1. The summed E-state index contributed by atoms with van der Waals surface area (Å²) in [4.78, 5) is 40.1. The molecule has 0 saturated heterocycles. The highest BCUT2D eigenvalue weighted by atomic mass is 31.2. The summed E-state index contributed by atoms with van der Waals surface area (Å²) in [6.45, 7) is 6.71. The van der Waals surface area contributed by atoms with Crippen molar-refractivity contribution in [3.8, 4) is 0 Å². The van der Waals surface area contributed by atoms with Crippen LogP contribution in [0, 0.1) is 0 Å². The molecule has 0 rings (SSSR count).